The quantitative estimate of drug-likeness (QED) is 0.608. The normalized spacial score (nSPS) is 11.2. The highest BCUT2D eigenvalue weighted by molar-refractivity contribution is 7.17. The second-order valence-electron chi connectivity index (χ2n) is 5.78. The molecule has 124 valence electrons. The third-order valence-electron chi connectivity index (χ3n) is 4.19. The van der Waals surface area contributed by atoms with Crippen LogP contribution in [-0.4, -0.2) is 20.6 Å². The molecule has 0 aliphatic heterocycles. The summed E-state index contributed by atoms with van der Waals surface area (Å²) < 4.78 is 1.37. The Morgan fingerprint density at radius 2 is 1.96 bits per heavy atom. The molecule has 4 rings (SSSR count). The number of rotatable bonds is 4. The standard InChI is InChI=1S/C19H14N2O3S/c22-16(23)7-8-21-11-20-18-17(19(21)24)15(10-25-18)14-6-5-12-3-1-2-4-13(12)9-14/h1-6,9-11H,7-8H2,(H,22,23). The Balaban J connectivity index is 1.87. The molecule has 0 amide bonds. The fraction of sp³-hybridized carbons (Fsp3) is 0.105. The Hall–Kier alpha value is -2.99. The van der Waals surface area contributed by atoms with Crippen LogP contribution >= 0.6 is 11.3 Å². The van der Waals surface area contributed by atoms with Crippen molar-refractivity contribution in [3.05, 3.63) is 64.5 Å². The van der Waals surface area contributed by atoms with Crippen molar-refractivity contribution in [1.29, 1.82) is 0 Å². The van der Waals surface area contributed by atoms with E-state index in [2.05, 4.69) is 11.1 Å². The largest absolute Gasteiger partial charge is 0.481 e. The van der Waals surface area contributed by atoms with E-state index in [-0.39, 0.29) is 18.5 Å². The highest BCUT2D eigenvalue weighted by atomic mass is 32.1. The van der Waals surface area contributed by atoms with E-state index in [1.54, 1.807) is 0 Å². The van der Waals surface area contributed by atoms with Crippen LogP contribution < -0.4 is 5.56 Å². The van der Waals surface area contributed by atoms with E-state index < -0.39 is 5.97 Å². The van der Waals surface area contributed by atoms with Gasteiger partial charge in [-0.05, 0) is 22.4 Å². The molecule has 0 fully saturated rings. The van der Waals surface area contributed by atoms with Crippen molar-refractivity contribution in [3.8, 4) is 11.1 Å². The number of aromatic nitrogens is 2. The van der Waals surface area contributed by atoms with Gasteiger partial charge in [-0.15, -0.1) is 11.3 Å². The molecule has 0 atom stereocenters. The molecule has 0 unspecified atom stereocenters. The summed E-state index contributed by atoms with van der Waals surface area (Å²) in [6.45, 7) is 0.115. The molecular weight excluding hydrogens is 336 g/mol. The van der Waals surface area contributed by atoms with Gasteiger partial charge in [0.05, 0.1) is 18.1 Å². The highest BCUT2D eigenvalue weighted by Crippen LogP contribution is 2.32. The second kappa shape index (κ2) is 6.14. The van der Waals surface area contributed by atoms with Crippen LogP contribution in [0.15, 0.2) is 59.0 Å². The zero-order chi connectivity index (χ0) is 17.4. The van der Waals surface area contributed by atoms with Gasteiger partial charge >= 0.3 is 5.97 Å². The summed E-state index contributed by atoms with van der Waals surface area (Å²) in [5.74, 6) is -0.938. The van der Waals surface area contributed by atoms with E-state index in [0.717, 1.165) is 21.9 Å². The summed E-state index contributed by atoms with van der Waals surface area (Å²) in [6.07, 6.45) is 1.32. The van der Waals surface area contributed by atoms with Crippen LogP contribution in [0.25, 0.3) is 32.1 Å². The van der Waals surface area contributed by atoms with Gasteiger partial charge in [0, 0.05) is 17.5 Å². The van der Waals surface area contributed by atoms with Crippen LogP contribution in [0.2, 0.25) is 0 Å². The van der Waals surface area contributed by atoms with Gasteiger partial charge in [-0.1, -0.05) is 36.4 Å². The predicted octanol–water partition coefficient (Wildman–Crippen LogP) is 3.75. The molecule has 0 aliphatic rings. The molecular formula is C19H14N2O3S. The van der Waals surface area contributed by atoms with E-state index in [9.17, 15) is 9.59 Å². The maximum Gasteiger partial charge on any atom is 0.305 e. The number of hydrogen-bond donors (Lipinski definition) is 1. The van der Waals surface area contributed by atoms with E-state index in [1.165, 1.54) is 22.2 Å². The molecule has 2 heterocycles. The number of nitrogens with zero attached hydrogens (tertiary/aromatic N) is 2. The lowest BCUT2D eigenvalue weighted by molar-refractivity contribution is -0.137. The summed E-state index contributed by atoms with van der Waals surface area (Å²) in [7, 11) is 0. The lowest BCUT2D eigenvalue weighted by Crippen LogP contribution is -2.21. The Labute approximate surface area is 146 Å². The van der Waals surface area contributed by atoms with Crippen LogP contribution in [0.5, 0.6) is 0 Å². The van der Waals surface area contributed by atoms with E-state index >= 15 is 0 Å². The second-order valence-corrected chi connectivity index (χ2v) is 6.64. The zero-order valence-corrected chi connectivity index (χ0v) is 14.0. The fourth-order valence-corrected chi connectivity index (χ4v) is 3.82. The molecule has 0 saturated heterocycles. The Morgan fingerprint density at radius 3 is 2.76 bits per heavy atom. The third-order valence-corrected chi connectivity index (χ3v) is 5.07. The van der Waals surface area contributed by atoms with Crippen LogP contribution in [-0.2, 0) is 11.3 Å². The van der Waals surface area contributed by atoms with E-state index in [1.807, 2.05) is 41.8 Å². The first-order valence-corrected chi connectivity index (χ1v) is 8.69. The van der Waals surface area contributed by atoms with Gasteiger partial charge in [0.25, 0.3) is 5.56 Å². The van der Waals surface area contributed by atoms with Crippen LogP contribution in [0, 0.1) is 0 Å². The minimum atomic E-state index is -0.938. The predicted molar refractivity (Wildman–Crippen MR) is 99.1 cm³/mol. The number of benzene rings is 2. The fourth-order valence-electron chi connectivity index (χ4n) is 2.91. The van der Waals surface area contributed by atoms with Crippen molar-refractivity contribution < 1.29 is 9.90 Å². The van der Waals surface area contributed by atoms with Crippen LogP contribution in [0.1, 0.15) is 6.42 Å². The summed E-state index contributed by atoms with van der Waals surface area (Å²) >= 11 is 1.42. The first kappa shape index (κ1) is 15.5. The van der Waals surface area contributed by atoms with Crippen LogP contribution in [0.4, 0.5) is 0 Å². The number of carbonyl (C=O) groups is 1. The number of carboxylic acids is 1. The average molecular weight is 350 g/mol. The molecule has 0 spiro atoms. The topological polar surface area (TPSA) is 72.2 Å². The van der Waals surface area contributed by atoms with Gasteiger partial charge in [0.2, 0.25) is 0 Å². The minimum absolute atomic E-state index is 0.109. The van der Waals surface area contributed by atoms with Gasteiger partial charge in [-0.25, -0.2) is 4.98 Å². The first-order valence-electron chi connectivity index (χ1n) is 7.81. The highest BCUT2D eigenvalue weighted by Gasteiger charge is 2.14. The summed E-state index contributed by atoms with van der Waals surface area (Å²) in [4.78, 5) is 28.6. The van der Waals surface area contributed by atoms with E-state index in [0.29, 0.717) is 10.2 Å². The molecule has 2 aromatic heterocycles. The van der Waals surface area contributed by atoms with Gasteiger partial charge in [0.15, 0.2) is 0 Å². The number of aliphatic carboxylic acids is 1. The van der Waals surface area contributed by atoms with Crippen molar-refractivity contribution in [3.63, 3.8) is 0 Å². The summed E-state index contributed by atoms with van der Waals surface area (Å²) in [5.41, 5.74) is 1.60. The Kier molecular flexibility index (Phi) is 3.82. The third kappa shape index (κ3) is 2.81. The van der Waals surface area contributed by atoms with Gasteiger partial charge < -0.3 is 5.11 Å². The number of carboxylic acid groups (broad SMARTS) is 1. The average Bonchev–Trinajstić information content (AvgIpc) is 3.05. The van der Waals surface area contributed by atoms with Gasteiger partial charge in [-0.3, -0.25) is 14.2 Å². The van der Waals surface area contributed by atoms with Crippen LogP contribution in [0.3, 0.4) is 0 Å². The zero-order valence-electron chi connectivity index (χ0n) is 13.2. The number of thiophene rings is 1. The SMILES string of the molecule is O=C(O)CCn1cnc2scc(-c3ccc4ccccc4c3)c2c1=O. The molecule has 2 aromatic carbocycles. The summed E-state index contributed by atoms with van der Waals surface area (Å²) in [5, 5.41) is 13.6. The molecule has 0 radical (unpaired) electrons. The van der Waals surface area contributed by atoms with E-state index in [4.69, 9.17) is 5.11 Å². The van der Waals surface area contributed by atoms with Gasteiger partial charge in [0.1, 0.15) is 4.83 Å². The van der Waals surface area contributed by atoms with Crippen molar-refractivity contribution in [2.75, 3.05) is 0 Å². The van der Waals surface area contributed by atoms with Crippen molar-refractivity contribution >= 4 is 38.3 Å². The molecule has 6 heteroatoms. The number of fused-ring (bicyclic) bond motifs is 2. The molecule has 0 saturated carbocycles. The minimum Gasteiger partial charge on any atom is -0.481 e. The van der Waals surface area contributed by atoms with Crippen molar-refractivity contribution in [2.45, 2.75) is 13.0 Å². The smallest absolute Gasteiger partial charge is 0.305 e. The number of hydrogen-bond acceptors (Lipinski definition) is 4. The molecule has 0 aliphatic carbocycles. The van der Waals surface area contributed by atoms with Crippen molar-refractivity contribution in [2.24, 2.45) is 0 Å². The Morgan fingerprint density at radius 1 is 1.16 bits per heavy atom. The molecule has 5 nitrogen and oxygen atoms in total. The Bertz CT molecular complexity index is 1160. The van der Waals surface area contributed by atoms with Crippen molar-refractivity contribution in [1.82, 2.24) is 9.55 Å². The molecule has 4 aromatic rings. The maximum atomic E-state index is 12.8. The lowest BCUT2D eigenvalue weighted by Gasteiger charge is -2.05. The molecule has 25 heavy (non-hydrogen) atoms. The molecule has 0 bridgehead atoms. The summed E-state index contributed by atoms with van der Waals surface area (Å²) in [6, 6.07) is 14.2. The molecule has 1 N–H and O–H groups in total. The lowest BCUT2D eigenvalue weighted by atomic mass is 10.0. The maximum absolute atomic E-state index is 12.8. The number of aryl methyl sites for hydroxylation is 1. The monoisotopic (exact) mass is 350 g/mol. The first-order chi connectivity index (χ1) is 12.1. The van der Waals surface area contributed by atoms with Gasteiger partial charge in [-0.2, -0.15) is 0 Å².